The number of hydrogen-bond donors (Lipinski definition) is 0. The lowest BCUT2D eigenvalue weighted by Crippen LogP contribution is -2.16. The van der Waals surface area contributed by atoms with Crippen molar-refractivity contribution in [2.75, 3.05) is 0 Å². The first-order valence-corrected chi connectivity index (χ1v) is 9.99. The third kappa shape index (κ3) is 5.89. The van der Waals surface area contributed by atoms with Crippen LogP contribution < -0.4 is 0 Å². The molecule has 1 aromatic rings. The highest BCUT2D eigenvalue weighted by molar-refractivity contribution is 6.84. The van der Waals surface area contributed by atoms with Crippen molar-refractivity contribution in [2.24, 2.45) is 5.41 Å². The molecule has 1 aromatic carbocycles. The smallest absolute Gasteiger partial charge is 0.127 e. The highest BCUT2D eigenvalue weighted by atomic mass is 28.3. The van der Waals surface area contributed by atoms with E-state index in [-0.39, 0.29) is 5.41 Å². The number of allylic oxidation sites excluding steroid dienone is 2. The van der Waals surface area contributed by atoms with E-state index in [9.17, 15) is 0 Å². The Morgan fingerprint density at radius 1 is 1.06 bits per heavy atom. The molecule has 0 amide bonds. The molecule has 0 aliphatic rings. The van der Waals surface area contributed by atoms with Crippen molar-refractivity contribution >= 4 is 13.6 Å². The van der Waals surface area contributed by atoms with Crippen molar-refractivity contribution in [3.05, 3.63) is 42.0 Å². The van der Waals surface area contributed by atoms with Gasteiger partial charge in [0.2, 0.25) is 0 Å². The lowest BCUT2D eigenvalue weighted by atomic mass is 9.91. The van der Waals surface area contributed by atoms with Crippen LogP contribution in [-0.4, -0.2) is 8.07 Å². The van der Waals surface area contributed by atoms with Crippen LogP contribution in [0, 0.1) is 16.9 Å². The number of rotatable bonds is 1. The quantitative estimate of drug-likeness (QED) is 0.490. The van der Waals surface area contributed by atoms with Crippen LogP contribution >= 0.6 is 0 Å². The summed E-state index contributed by atoms with van der Waals surface area (Å²) < 4.78 is 0. The van der Waals surface area contributed by atoms with Gasteiger partial charge in [-0.1, -0.05) is 82.7 Å². The second-order valence-corrected chi connectivity index (χ2v) is 11.5. The van der Waals surface area contributed by atoms with Crippen molar-refractivity contribution in [2.45, 2.75) is 40.4 Å². The summed E-state index contributed by atoms with van der Waals surface area (Å²) in [5.41, 5.74) is 5.99. The molecule has 0 saturated heterocycles. The molecule has 0 spiro atoms. The van der Waals surface area contributed by atoms with E-state index in [2.05, 4.69) is 82.2 Å². The van der Waals surface area contributed by atoms with E-state index in [1.54, 1.807) is 0 Å². The summed E-state index contributed by atoms with van der Waals surface area (Å²) in [5, 5.41) is 0. The van der Waals surface area contributed by atoms with Gasteiger partial charge in [-0.15, -0.1) is 5.54 Å². The molecular formula is C17H24Si. The molecule has 0 radical (unpaired) electrons. The predicted molar refractivity (Wildman–Crippen MR) is 85.0 cm³/mol. The van der Waals surface area contributed by atoms with Gasteiger partial charge in [0.15, 0.2) is 0 Å². The second kappa shape index (κ2) is 5.59. The minimum Gasteiger partial charge on any atom is -0.127 e. The third-order valence-corrected chi connectivity index (χ3v) is 3.11. The molecule has 0 aliphatic carbocycles. The summed E-state index contributed by atoms with van der Waals surface area (Å²) in [6, 6.07) is 10.5. The van der Waals surface area contributed by atoms with Crippen LogP contribution in [0.15, 0.2) is 36.4 Å². The molecule has 0 unspecified atom stereocenters. The van der Waals surface area contributed by atoms with Crippen molar-refractivity contribution < 1.29 is 0 Å². The van der Waals surface area contributed by atoms with Gasteiger partial charge in [0.05, 0.1) is 0 Å². The normalized spacial score (nSPS) is 12.9. The van der Waals surface area contributed by atoms with Gasteiger partial charge in [-0.25, -0.2) is 0 Å². The second-order valence-electron chi connectivity index (χ2n) is 6.79. The van der Waals surface area contributed by atoms with Crippen molar-refractivity contribution in [1.82, 2.24) is 0 Å². The van der Waals surface area contributed by atoms with Gasteiger partial charge in [0, 0.05) is 5.57 Å². The standard InChI is InChI=1S/C17H24Si/c1-17(2,3)14-16(12-13-18(4,5)6)15-10-8-7-9-11-15/h7-11,14H,1-6H3/b16-14-. The first-order chi connectivity index (χ1) is 8.17. The van der Waals surface area contributed by atoms with Crippen LogP contribution in [0.1, 0.15) is 26.3 Å². The molecule has 0 N–H and O–H groups in total. The fourth-order valence-corrected chi connectivity index (χ4v) is 2.01. The summed E-state index contributed by atoms with van der Waals surface area (Å²) >= 11 is 0. The maximum atomic E-state index is 3.46. The van der Waals surface area contributed by atoms with E-state index in [4.69, 9.17) is 0 Å². The van der Waals surface area contributed by atoms with Crippen LogP contribution in [0.3, 0.4) is 0 Å². The molecule has 0 aliphatic heterocycles. The molecule has 0 atom stereocenters. The van der Waals surface area contributed by atoms with Crippen molar-refractivity contribution in [3.8, 4) is 11.5 Å². The molecular weight excluding hydrogens is 232 g/mol. The van der Waals surface area contributed by atoms with Gasteiger partial charge >= 0.3 is 0 Å². The fourth-order valence-electron chi connectivity index (χ4n) is 1.50. The van der Waals surface area contributed by atoms with E-state index < -0.39 is 8.07 Å². The van der Waals surface area contributed by atoms with E-state index in [1.165, 1.54) is 5.56 Å². The van der Waals surface area contributed by atoms with Crippen molar-refractivity contribution in [1.29, 1.82) is 0 Å². The average Bonchev–Trinajstić information content (AvgIpc) is 2.23. The molecule has 0 fully saturated rings. The maximum absolute atomic E-state index is 3.46. The molecule has 1 heteroatoms. The van der Waals surface area contributed by atoms with Crippen LogP contribution in [0.25, 0.3) is 5.57 Å². The Morgan fingerprint density at radius 2 is 1.61 bits per heavy atom. The van der Waals surface area contributed by atoms with E-state index in [0.717, 1.165) is 5.57 Å². The SMILES string of the molecule is CC(C)(C)/C=C(/C#C[Si](C)(C)C)c1ccccc1. The van der Waals surface area contributed by atoms with Crippen LogP contribution in [0.5, 0.6) is 0 Å². The lowest BCUT2D eigenvalue weighted by Gasteiger charge is -2.14. The van der Waals surface area contributed by atoms with Gasteiger partial charge in [-0.05, 0) is 11.0 Å². The number of benzene rings is 1. The Balaban J connectivity index is 3.20. The Bertz CT molecular complexity index is 470. The molecule has 1 rings (SSSR count). The fraction of sp³-hybridized carbons (Fsp3) is 0.412. The van der Waals surface area contributed by atoms with E-state index in [1.807, 2.05) is 6.07 Å². The van der Waals surface area contributed by atoms with Gasteiger partial charge in [0.25, 0.3) is 0 Å². The summed E-state index contributed by atoms with van der Waals surface area (Å²) in [6.07, 6.45) is 2.27. The van der Waals surface area contributed by atoms with Crippen LogP contribution in [0.2, 0.25) is 19.6 Å². The van der Waals surface area contributed by atoms with Crippen molar-refractivity contribution in [3.63, 3.8) is 0 Å². The summed E-state index contributed by atoms with van der Waals surface area (Å²) in [6.45, 7) is 13.5. The van der Waals surface area contributed by atoms with Gasteiger partial charge in [-0.3, -0.25) is 0 Å². The zero-order valence-electron chi connectivity index (χ0n) is 12.5. The van der Waals surface area contributed by atoms with E-state index in [0.29, 0.717) is 0 Å². The summed E-state index contributed by atoms with van der Waals surface area (Å²) in [4.78, 5) is 0. The van der Waals surface area contributed by atoms with Gasteiger partial charge < -0.3 is 0 Å². The monoisotopic (exact) mass is 256 g/mol. The first kappa shape index (κ1) is 14.8. The Labute approximate surface area is 113 Å². The van der Waals surface area contributed by atoms with Gasteiger partial charge in [0.1, 0.15) is 8.07 Å². The summed E-state index contributed by atoms with van der Waals surface area (Å²) in [7, 11) is -1.33. The Morgan fingerprint density at radius 3 is 2.06 bits per heavy atom. The zero-order valence-corrected chi connectivity index (χ0v) is 13.5. The maximum Gasteiger partial charge on any atom is 0.129 e. The molecule has 0 aromatic heterocycles. The van der Waals surface area contributed by atoms with Crippen LogP contribution in [-0.2, 0) is 0 Å². The van der Waals surface area contributed by atoms with Crippen LogP contribution in [0.4, 0.5) is 0 Å². The lowest BCUT2D eigenvalue weighted by molar-refractivity contribution is 0.546. The Hall–Kier alpha value is -1.26. The largest absolute Gasteiger partial charge is 0.129 e. The minimum atomic E-state index is -1.33. The minimum absolute atomic E-state index is 0.152. The van der Waals surface area contributed by atoms with E-state index >= 15 is 0 Å². The highest BCUT2D eigenvalue weighted by Crippen LogP contribution is 2.23. The molecule has 96 valence electrons. The topological polar surface area (TPSA) is 0 Å². The first-order valence-electron chi connectivity index (χ1n) is 6.49. The molecule has 0 saturated carbocycles. The predicted octanol–water partition coefficient (Wildman–Crippen LogP) is 5.00. The molecule has 0 bridgehead atoms. The highest BCUT2D eigenvalue weighted by Gasteiger charge is 2.11. The van der Waals surface area contributed by atoms with Gasteiger partial charge in [-0.2, -0.15) is 0 Å². The molecule has 18 heavy (non-hydrogen) atoms. The molecule has 0 nitrogen and oxygen atoms in total. The summed E-state index contributed by atoms with van der Waals surface area (Å²) in [5.74, 6) is 3.41. The average molecular weight is 256 g/mol. The zero-order chi connectivity index (χ0) is 13.8. The molecule has 0 heterocycles. The third-order valence-electron chi connectivity index (χ3n) is 2.23. The Kier molecular flexibility index (Phi) is 4.59. The number of hydrogen-bond acceptors (Lipinski definition) is 0.